The lowest BCUT2D eigenvalue weighted by molar-refractivity contribution is 0.433. The quantitative estimate of drug-likeness (QED) is 0.172. The van der Waals surface area contributed by atoms with E-state index in [1.807, 2.05) is 0 Å². The minimum Gasteiger partial charge on any atom is -0.457 e. The van der Waals surface area contributed by atoms with Crippen LogP contribution in [0.25, 0.3) is 55.3 Å². The zero-order valence-electron chi connectivity index (χ0n) is 50.0. The Labute approximate surface area is 501 Å². The van der Waals surface area contributed by atoms with E-state index in [4.69, 9.17) is 9.15 Å². The van der Waals surface area contributed by atoms with Crippen molar-refractivity contribution in [3.63, 3.8) is 0 Å². The fraction of sp³-hybridized carbons (Fsp3) is 0.268. The van der Waals surface area contributed by atoms with Crippen molar-refractivity contribution in [2.75, 3.05) is 4.90 Å². The summed E-state index contributed by atoms with van der Waals surface area (Å²) in [4.78, 5) is 2.53. The molecule has 0 radical (unpaired) electrons. The predicted octanol–water partition coefficient (Wildman–Crippen LogP) is 22.6. The van der Waals surface area contributed by atoms with Gasteiger partial charge < -0.3 is 14.1 Å². The number of benzene rings is 10. The highest BCUT2D eigenvalue weighted by Crippen LogP contribution is 2.66. The van der Waals surface area contributed by atoms with E-state index >= 15 is 0 Å². The first-order valence-corrected chi connectivity index (χ1v) is 31.9. The number of anilines is 3. The van der Waals surface area contributed by atoms with Crippen LogP contribution in [-0.4, -0.2) is 0 Å². The normalized spacial score (nSPS) is 17.0. The first kappa shape index (κ1) is 51.1. The van der Waals surface area contributed by atoms with Gasteiger partial charge in [0.05, 0.1) is 16.5 Å². The van der Waals surface area contributed by atoms with E-state index in [0.29, 0.717) is 11.8 Å². The molecule has 2 fully saturated rings. The summed E-state index contributed by atoms with van der Waals surface area (Å²) < 4.78 is 14.4. The lowest BCUT2D eigenvalue weighted by Gasteiger charge is -2.41. The monoisotopic (exact) mass is 1100 g/mol. The predicted molar refractivity (Wildman–Crippen MR) is 351 cm³/mol. The Morgan fingerprint density at radius 1 is 0.365 bits per heavy atom. The molecule has 3 nitrogen and oxygen atoms in total. The van der Waals surface area contributed by atoms with Crippen molar-refractivity contribution < 1.29 is 9.15 Å². The van der Waals surface area contributed by atoms with Crippen molar-refractivity contribution in [3.05, 3.63) is 267 Å². The van der Waals surface area contributed by atoms with Crippen molar-refractivity contribution in [1.29, 1.82) is 0 Å². The maximum Gasteiger partial charge on any atom is 0.159 e. The minimum atomic E-state index is -0.659. The highest BCUT2D eigenvalue weighted by molar-refractivity contribution is 6.10. The van der Waals surface area contributed by atoms with Gasteiger partial charge in [0, 0.05) is 33.3 Å². The van der Waals surface area contributed by atoms with Gasteiger partial charge in [0.2, 0.25) is 0 Å². The second-order valence-corrected chi connectivity index (χ2v) is 27.9. The topological polar surface area (TPSA) is 25.6 Å². The average Bonchev–Trinajstić information content (AvgIpc) is 1.56. The Morgan fingerprint density at radius 2 is 0.824 bits per heavy atom. The number of fused-ring (bicyclic) bond motifs is 22. The van der Waals surface area contributed by atoms with E-state index in [1.54, 1.807) is 0 Å². The van der Waals surface area contributed by atoms with Gasteiger partial charge in [0.15, 0.2) is 5.58 Å². The van der Waals surface area contributed by atoms with Gasteiger partial charge in [-0.05, 0) is 186 Å². The SMILES string of the molecule is CC(C)(C)c1ccc2c(c1)C1(c3ccccc3-c3ccc(N(c4ccc5c(c4)C4(c6ccccc6O5)c5cc(C6CCCCC6)ccc5-c5ccc(C6CCCCC6)cc54)c4cccc5c4oc4ccccc45)cc31)c1cc(C(C)(C)C)ccc1-2. The lowest BCUT2D eigenvalue weighted by atomic mass is 9.65. The first-order valence-electron chi connectivity index (χ1n) is 31.9. The molecular formula is C82H73NO2. The van der Waals surface area contributed by atoms with Crippen LogP contribution in [0.4, 0.5) is 17.1 Å². The van der Waals surface area contributed by atoms with Gasteiger partial charge in [0.1, 0.15) is 17.1 Å². The summed E-state index contributed by atoms with van der Waals surface area (Å²) in [6.07, 6.45) is 12.8. The largest absolute Gasteiger partial charge is 0.457 e. The number of hydrogen-bond donors (Lipinski definition) is 0. The number of hydrogen-bond acceptors (Lipinski definition) is 3. The summed E-state index contributed by atoms with van der Waals surface area (Å²) >= 11 is 0. The Morgan fingerprint density at radius 3 is 1.45 bits per heavy atom. The van der Waals surface area contributed by atoms with Crippen molar-refractivity contribution in [2.45, 2.75) is 139 Å². The zero-order chi connectivity index (χ0) is 57.1. The third-order valence-corrected chi connectivity index (χ3v) is 21.3. The number of ether oxygens (including phenoxy) is 1. The molecule has 0 unspecified atom stereocenters. The van der Waals surface area contributed by atoms with Crippen molar-refractivity contribution in [1.82, 2.24) is 0 Å². The van der Waals surface area contributed by atoms with E-state index in [9.17, 15) is 0 Å². The van der Waals surface area contributed by atoms with Gasteiger partial charge >= 0.3 is 0 Å². The molecule has 0 amide bonds. The van der Waals surface area contributed by atoms with E-state index in [2.05, 4.69) is 247 Å². The number of nitrogens with zero attached hydrogens (tertiary/aromatic N) is 1. The molecule has 418 valence electrons. The Hall–Kier alpha value is -8.40. The van der Waals surface area contributed by atoms with Crippen LogP contribution in [0.5, 0.6) is 11.5 Å². The van der Waals surface area contributed by atoms with Gasteiger partial charge in [-0.15, -0.1) is 0 Å². The number of furan rings is 1. The summed E-state index contributed by atoms with van der Waals surface area (Å²) in [7, 11) is 0. The fourth-order valence-electron chi connectivity index (χ4n) is 17.1. The highest BCUT2D eigenvalue weighted by atomic mass is 16.5. The third kappa shape index (κ3) is 7.32. The molecule has 0 atom stereocenters. The third-order valence-electron chi connectivity index (χ3n) is 21.3. The number of para-hydroxylation sites is 3. The molecule has 2 heterocycles. The van der Waals surface area contributed by atoms with Crippen LogP contribution < -0.4 is 9.64 Å². The first-order chi connectivity index (χ1) is 41.4. The van der Waals surface area contributed by atoms with E-state index in [1.165, 1.54) is 164 Å². The molecule has 2 spiro atoms. The van der Waals surface area contributed by atoms with E-state index in [0.717, 1.165) is 50.5 Å². The molecule has 2 saturated carbocycles. The fourth-order valence-corrected chi connectivity index (χ4v) is 17.1. The Kier molecular flexibility index (Phi) is 11.1. The Balaban J connectivity index is 0.955. The van der Waals surface area contributed by atoms with Gasteiger partial charge in [-0.25, -0.2) is 0 Å². The van der Waals surface area contributed by atoms with E-state index in [-0.39, 0.29) is 10.8 Å². The molecule has 11 aromatic rings. The van der Waals surface area contributed by atoms with Crippen molar-refractivity contribution >= 4 is 39.0 Å². The van der Waals surface area contributed by atoms with Gasteiger partial charge in [-0.2, -0.15) is 0 Å². The smallest absolute Gasteiger partial charge is 0.159 e. The molecule has 0 saturated heterocycles. The van der Waals surface area contributed by atoms with Gasteiger partial charge in [-0.3, -0.25) is 0 Å². The number of rotatable bonds is 5. The summed E-state index contributed by atoms with van der Waals surface area (Å²) in [6, 6.07) is 78.1. The van der Waals surface area contributed by atoms with Crippen molar-refractivity contribution in [2.24, 2.45) is 0 Å². The maximum atomic E-state index is 7.30. The zero-order valence-corrected chi connectivity index (χ0v) is 50.0. The molecule has 17 rings (SSSR count). The van der Waals surface area contributed by atoms with Crippen molar-refractivity contribution in [3.8, 4) is 44.9 Å². The molecular weight excluding hydrogens is 1030 g/mol. The van der Waals surface area contributed by atoms with Crippen LogP contribution in [0, 0.1) is 0 Å². The molecule has 0 bridgehead atoms. The second-order valence-electron chi connectivity index (χ2n) is 27.9. The average molecular weight is 1100 g/mol. The van der Waals surface area contributed by atoms with Gasteiger partial charge in [0.25, 0.3) is 0 Å². The molecule has 3 heteroatoms. The van der Waals surface area contributed by atoms with E-state index < -0.39 is 10.8 Å². The summed E-state index contributed by atoms with van der Waals surface area (Å²) in [6.45, 7) is 14.1. The molecule has 85 heavy (non-hydrogen) atoms. The van der Waals surface area contributed by atoms with Crippen LogP contribution in [0.3, 0.4) is 0 Å². The molecule has 5 aliphatic carbocycles. The lowest BCUT2D eigenvalue weighted by Crippen LogP contribution is -2.33. The highest BCUT2D eigenvalue weighted by Gasteiger charge is 2.54. The van der Waals surface area contributed by atoms with Crippen LogP contribution in [0.15, 0.2) is 205 Å². The summed E-state index contributed by atoms with van der Waals surface area (Å²) in [5.74, 6) is 2.93. The second kappa shape index (κ2) is 18.6. The summed E-state index contributed by atoms with van der Waals surface area (Å²) in [5, 5.41) is 2.21. The standard InChI is InChI=1S/C82H73NO2/c1-79(2,3)54-34-40-61-62-41-35-55(80(4,5)6)47-71(62)81(70(61)46-54)66-27-15-13-24-58(66)63-42-36-56(48-72(63)81)83(74-29-19-26-65-64-25-14-17-30-75(64)85-78(65)74)57-37-43-77-73(49-57)82(67-28-16-18-31-76(67)84-77)68-44-52(50-20-9-7-10-21-50)32-38-59(68)60-39-33-53(45-69(60)82)51-22-11-8-12-23-51/h13-19,24-51H,7-12,20-23H2,1-6H3. The van der Waals surface area contributed by atoms with Crippen LogP contribution in [0.1, 0.15) is 184 Å². The maximum absolute atomic E-state index is 7.30. The van der Waals surface area contributed by atoms with Crippen LogP contribution in [-0.2, 0) is 21.7 Å². The summed E-state index contributed by atoms with van der Waals surface area (Å²) in [5.41, 5.74) is 27.5. The molecule has 1 aromatic heterocycles. The molecule has 10 aromatic carbocycles. The van der Waals surface area contributed by atoms with Gasteiger partial charge in [-0.1, -0.05) is 232 Å². The molecule has 1 aliphatic heterocycles. The minimum absolute atomic E-state index is 0.0598. The molecule has 6 aliphatic rings. The Bertz CT molecular complexity index is 4450. The van der Waals surface area contributed by atoms with Crippen LogP contribution >= 0.6 is 0 Å². The van der Waals surface area contributed by atoms with Crippen LogP contribution in [0.2, 0.25) is 0 Å². The molecule has 0 N–H and O–H groups in total.